The van der Waals surface area contributed by atoms with Crippen molar-refractivity contribution in [3.05, 3.63) is 0 Å². The summed E-state index contributed by atoms with van der Waals surface area (Å²) in [6, 6.07) is -1.22. The van der Waals surface area contributed by atoms with Crippen LogP contribution < -0.4 is 5.32 Å². The highest BCUT2D eigenvalue weighted by Gasteiger charge is 2.36. The van der Waals surface area contributed by atoms with E-state index in [1.165, 1.54) is 4.90 Å². The second kappa shape index (κ2) is 8.06. The molecule has 1 rings (SSSR count). The summed E-state index contributed by atoms with van der Waals surface area (Å²) in [5.41, 5.74) is 0. The van der Waals surface area contributed by atoms with Crippen LogP contribution >= 0.6 is 0 Å². The van der Waals surface area contributed by atoms with E-state index in [1.807, 2.05) is 6.92 Å². The minimum atomic E-state index is -1.00. The largest absolute Gasteiger partial charge is 0.480 e. The molecule has 0 aromatic carbocycles. The molecule has 1 aliphatic rings. The molecule has 1 fully saturated rings. The Morgan fingerprint density at radius 2 is 1.85 bits per heavy atom. The standard InChI is InChI=1S/C13H24N2O5/c1-4-5-6-9(12(16)17)14-13(18)15-7-10(19-2)11(8-15)20-3/h9-11H,4-8H2,1-3H3,(H,14,18)(H,16,17)/t9-,10?,11?/m0/s1. The number of ether oxygens (including phenoxy) is 2. The molecule has 116 valence electrons. The zero-order valence-electron chi connectivity index (χ0n) is 12.3. The van der Waals surface area contributed by atoms with Gasteiger partial charge in [0.2, 0.25) is 0 Å². The zero-order chi connectivity index (χ0) is 15.1. The Kier molecular flexibility index (Phi) is 6.74. The van der Waals surface area contributed by atoms with Crippen LogP contribution in [0.25, 0.3) is 0 Å². The van der Waals surface area contributed by atoms with Crippen LogP contribution in [0.4, 0.5) is 4.79 Å². The van der Waals surface area contributed by atoms with Crippen molar-refractivity contribution in [1.82, 2.24) is 10.2 Å². The van der Waals surface area contributed by atoms with Crippen molar-refractivity contribution < 1.29 is 24.2 Å². The molecule has 2 N–H and O–H groups in total. The lowest BCUT2D eigenvalue weighted by molar-refractivity contribution is -0.139. The number of hydrogen-bond acceptors (Lipinski definition) is 4. The number of carboxylic acids is 1. The lowest BCUT2D eigenvalue weighted by Gasteiger charge is -2.20. The van der Waals surface area contributed by atoms with Gasteiger partial charge in [0.1, 0.15) is 18.2 Å². The van der Waals surface area contributed by atoms with Crippen LogP contribution in [0, 0.1) is 0 Å². The maximum atomic E-state index is 12.1. The number of carbonyl (C=O) groups excluding carboxylic acids is 1. The third-order valence-corrected chi connectivity index (χ3v) is 3.55. The van der Waals surface area contributed by atoms with Crippen LogP contribution in [0.5, 0.6) is 0 Å². The predicted octanol–water partition coefficient (Wildman–Crippen LogP) is 0.685. The second-order valence-electron chi connectivity index (χ2n) is 4.94. The van der Waals surface area contributed by atoms with Crippen molar-refractivity contribution in [2.75, 3.05) is 27.3 Å². The van der Waals surface area contributed by atoms with Crippen LogP contribution in [0.3, 0.4) is 0 Å². The number of aliphatic carboxylic acids is 1. The fraction of sp³-hybridized carbons (Fsp3) is 0.846. The number of methoxy groups -OCH3 is 2. The summed E-state index contributed by atoms with van der Waals surface area (Å²) in [5, 5.41) is 11.7. The topological polar surface area (TPSA) is 88.1 Å². The van der Waals surface area contributed by atoms with Crippen LogP contribution in [0.15, 0.2) is 0 Å². The number of hydrogen-bond donors (Lipinski definition) is 2. The smallest absolute Gasteiger partial charge is 0.326 e. The quantitative estimate of drug-likeness (QED) is 0.719. The average Bonchev–Trinajstić information content (AvgIpc) is 2.86. The number of carbonyl (C=O) groups is 2. The molecule has 1 heterocycles. The number of rotatable bonds is 7. The summed E-state index contributed by atoms with van der Waals surface area (Å²) in [6.07, 6.45) is 1.74. The Labute approximate surface area is 119 Å². The maximum absolute atomic E-state index is 12.1. The monoisotopic (exact) mass is 288 g/mol. The maximum Gasteiger partial charge on any atom is 0.326 e. The van der Waals surface area contributed by atoms with E-state index in [1.54, 1.807) is 14.2 Å². The van der Waals surface area contributed by atoms with Crippen molar-refractivity contribution in [2.45, 2.75) is 44.4 Å². The molecular formula is C13H24N2O5. The van der Waals surface area contributed by atoms with Gasteiger partial charge >= 0.3 is 12.0 Å². The third kappa shape index (κ3) is 4.35. The fourth-order valence-electron chi connectivity index (χ4n) is 2.27. The van der Waals surface area contributed by atoms with Crippen molar-refractivity contribution in [3.8, 4) is 0 Å². The molecule has 0 radical (unpaired) electrons. The fourth-order valence-corrected chi connectivity index (χ4v) is 2.27. The molecule has 0 aliphatic carbocycles. The minimum Gasteiger partial charge on any atom is -0.480 e. The first-order valence-corrected chi connectivity index (χ1v) is 6.87. The van der Waals surface area contributed by atoms with Gasteiger partial charge in [-0.05, 0) is 6.42 Å². The number of unbranched alkanes of at least 4 members (excludes halogenated alkanes) is 1. The van der Waals surface area contributed by atoms with Crippen molar-refractivity contribution in [3.63, 3.8) is 0 Å². The molecule has 20 heavy (non-hydrogen) atoms. The third-order valence-electron chi connectivity index (χ3n) is 3.55. The first kappa shape index (κ1) is 16.7. The van der Waals surface area contributed by atoms with Gasteiger partial charge in [-0.1, -0.05) is 19.8 Å². The van der Waals surface area contributed by atoms with Crippen LogP contribution in [-0.4, -0.2) is 67.6 Å². The molecule has 7 heteroatoms. The number of likely N-dealkylation sites (tertiary alicyclic amines) is 1. The van der Waals surface area contributed by atoms with E-state index < -0.39 is 12.0 Å². The summed E-state index contributed by atoms with van der Waals surface area (Å²) < 4.78 is 10.5. The predicted molar refractivity (Wildman–Crippen MR) is 72.6 cm³/mol. The van der Waals surface area contributed by atoms with E-state index in [0.717, 1.165) is 12.8 Å². The van der Waals surface area contributed by atoms with Gasteiger partial charge in [0.25, 0.3) is 0 Å². The molecule has 2 unspecified atom stereocenters. The molecular weight excluding hydrogens is 264 g/mol. The first-order valence-electron chi connectivity index (χ1n) is 6.87. The van der Waals surface area contributed by atoms with Crippen molar-refractivity contribution in [1.29, 1.82) is 0 Å². The van der Waals surface area contributed by atoms with Gasteiger partial charge < -0.3 is 24.8 Å². The normalized spacial score (nSPS) is 23.6. The van der Waals surface area contributed by atoms with Gasteiger partial charge in [-0.2, -0.15) is 0 Å². The lowest BCUT2D eigenvalue weighted by atomic mass is 10.1. The number of nitrogens with one attached hydrogen (secondary N) is 1. The highest BCUT2D eigenvalue weighted by Crippen LogP contribution is 2.16. The lowest BCUT2D eigenvalue weighted by Crippen LogP contribution is -2.47. The summed E-state index contributed by atoms with van der Waals surface area (Å²) >= 11 is 0. The molecule has 7 nitrogen and oxygen atoms in total. The van der Waals surface area contributed by atoms with Crippen molar-refractivity contribution in [2.24, 2.45) is 0 Å². The van der Waals surface area contributed by atoms with Crippen LogP contribution in [0.2, 0.25) is 0 Å². The van der Waals surface area contributed by atoms with Crippen LogP contribution in [-0.2, 0) is 14.3 Å². The molecule has 0 aromatic heterocycles. The molecule has 0 saturated carbocycles. The van der Waals surface area contributed by atoms with E-state index >= 15 is 0 Å². The van der Waals surface area contributed by atoms with Gasteiger partial charge in [0.15, 0.2) is 0 Å². The van der Waals surface area contributed by atoms with Gasteiger partial charge in [-0.25, -0.2) is 9.59 Å². The Hall–Kier alpha value is -1.34. The number of nitrogens with zero attached hydrogens (tertiary/aromatic N) is 1. The van der Waals surface area contributed by atoms with E-state index in [2.05, 4.69) is 5.32 Å². The zero-order valence-corrected chi connectivity index (χ0v) is 12.3. The van der Waals surface area contributed by atoms with E-state index in [0.29, 0.717) is 19.5 Å². The summed E-state index contributed by atoms with van der Waals surface area (Å²) in [7, 11) is 3.14. The van der Waals surface area contributed by atoms with E-state index in [-0.39, 0.29) is 18.2 Å². The summed E-state index contributed by atoms with van der Waals surface area (Å²) in [4.78, 5) is 24.7. The molecule has 0 spiro atoms. The molecule has 1 aliphatic heterocycles. The highest BCUT2D eigenvalue weighted by atomic mass is 16.5. The van der Waals surface area contributed by atoms with Gasteiger partial charge in [0.05, 0.1) is 13.1 Å². The Morgan fingerprint density at radius 1 is 1.30 bits per heavy atom. The Bertz CT molecular complexity index is 325. The molecule has 0 aromatic rings. The molecule has 1 saturated heterocycles. The molecule has 0 bridgehead atoms. The molecule has 2 amide bonds. The number of amides is 2. The van der Waals surface area contributed by atoms with Crippen molar-refractivity contribution >= 4 is 12.0 Å². The Balaban J connectivity index is 2.55. The van der Waals surface area contributed by atoms with E-state index in [9.17, 15) is 9.59 Å². The van der Waals surface area contributed by atoms with Gasteiger partial charge in [-0.3, -0.25) is 0 Å². The number of carboxylic acid groups (broad SMARTS) is 1. The molecule has 3 atom stereocenters. The summed E-state index contributed by atoms with van der Waals surface area (Å²) in [5.74, 6) is -1.00. The van der Waals surface area contributed by atoms with E-state index in [4.69, 9.17) is 14.6 Å². The average molecular weight is 288 g/mol. The van der Waals surface area contributed by atoms with Gasteiger partial charge in [-0.15, -0.1) is 0 Å². The first-order chi connectivity index (χ1) is 9.53. The minimum absolute atomic E-state index is 0.176. The second-order valence-corrected chi connectivity index (χ2v) is 4.94. The SMILES string of the molecule is CCCC[C@H](NC(=O)N1CC(OC)C(OC)C1)C(=O)O. The van der Waals surface area contributed by atoms with Crippen LogP contribution in [0.1, 0.15) is 26.2 Å². The van der Waals surface area contributed by atoms with Gasteiger partial charge in [0, 0.05) is 14.2 Å². The highest BCUT2D eigenvalue weighted by molar-refractivity contribution is 5.82. The Morgan fingerprint density at radius 3 is 2.25 bits per heavy atom. The summed E-state index contributed by atoms with van der Waals surface area (Å²) in [6.45, 7) is 2.79. The number of urea groups is 1.